The van der Waals surface area contributed by atoms with Crippen LogP contribution in [0.5, 0.6) is 0 Å². The van der Waals surface area contributed by atoms with Gasteiger partial charge in [-0.05, 0) is 50.1 Å². The maximum absolute atomic E-state index is 3.18. The fourth-order valence-corrected chi connectivity index (χ4v) is 2.03. The molecule has 0 saturated heterocycles. The lowest BCUT2D eigenvalue weighted by molar-refractivity contribution is 0.321. The van der Waals surface area contributed by atoms with E-state index in [1.165, 1.54) is 17.5 Å². The van der Waals surface area contributed by atoms with Gasteiger partial charge in [-0.2, -0.15) is 0 Å². The molecule has 0 aliphatic heterocycles. The van der Waals surface area contributed by atoms with Gasteiger partial charge in [-0.25, -0.2) is 0 Å². The Balaban J connectivity index is 2.48. The third-order valence-corrected chi connectivity index (χ3v) is 3.24. The van der Waals surface area contributed by atoms with Crippen molar-refractivity contribution in [1.29, 1.82) is 0 Å². The van der Waals surface area contributed by atoms with Crippen LogP contribution in [0.2, 0.25) is 0 Å². The van der Waals surface area contributed by atoms with Gasteiger partial charge in [0.1, 0.15) is 0 Å². The normalized spacial score (nSPS) is 12.1. The molecule has 102 valence electrons. The van der Waals surface area contributed by atoms with Crippen molar-refractivity contribution < 1.29 is 0 Å². The summed E-state index contributed by atoms with van der Waals surface area (Å²) >= 11 is 0. The molecule has 0 atom stereocenters. The van der Waals surface area contributed by atoms with Gasteiger partial charge in [0.25, 0.3) is 0 Å². The molecule has 0 fully saturated rings. The van der Waals surface area contributed by atoms with E-state index < -0.39 is 0 Å². The minimum absolute atomic E-state index is 0.247. The Bertz CT molecular complexity index is 335. The van der Waals surface area contributed by atoms with E-state index in [-0.39, 0.29) is 5.41 Å². The van der Waals surface area contributed by atoms with Crippen LogP contribution in [0, 0.1) is 0 Å². The van der Waals surface area contributed by atoms with E-state index in [2.05, 4.69) is 62.3 Å². The summed E-state index contributed by atoms with van der Waals surface area (Å²) in [5, 5.41) is 3.18. The van der Waals surface area contributed by atoms with Gasteiger partial charge in [0.05, 0.1) is 0 Å². The van der Waals surface area contributed by atoms with Crippen molar-refractivity contribution in [1.82, 2.24) is 10.2 Å². The van der Waals surface area contributed by atoms with Crippen molar-refractivity contribution in [2.45, 2.75) is 39.2 Å². The average molecular weight is 248 g/mol. The SMILES string of the molecule is CNCCCN(C)Cc1ccc(C(C)(C)C)cc1. The molecule has 0 aliphatic rings. The fraction of sp³-hybridized carbons (Fsp3) is 0.625. The second kappa shape index (κ2) is 6.91. The van der Waals surface area contributed by atoms with E-state index in [4.69, 9.17) is 0 Å². The molecule has 0 unspecified atom stereocenters. The topological polar surface area (TPSA) is 15.3 Å². The quantitative estimate of drug-likeness (QED) is 0.779. The molecule has 0 aromatic heterocycles. The molecule has 1 N–H and O–H groups in total. The standard InChI is InChI=1S/C16H28N2/c1-16(2,3)15-9-7-14(8-10-15)13-18(5)12-6-11-17-4/h7-10,17H,6,11-13H2,1-5H3. The highest BCUT2D eigenvalue weighted by Gasteiger charge is 2.12. The monoisotopic (exact) mass is 248 g/mol. The Morgan fingerprint density at radius 1 is 1.11 bits per heavy atom. The minimum atomic E-state index is 0.247. The summed E-state index contributed by atoms with van der Waals surface area (Å²) in [4.78, 5) is 2.38. The highest BCUT2D eigenvalue weighted by Crippen LogP contribution is 2.22. The van der Waals surface area contributed by atoms with Crippen LogP contribution < -0.4 is 5.32 Å². The van der Waals surface area contributed by atoms with Gasteiger partial charge in [0.15, 0.2) is 0 Å². The number of benzene rings is 1. The van der Waals surface area contributed by atoms with Gasteiger partial charge in [-0.15, -0.1) is 0 Å². The van der Waals surface area contributed by atoms with Crippen LogP contribution in [-0.2, 0) is 12.0 Å². The van der Waals surface area contributed by atoms with Crippen molar-refractivity contribution in [3.63, 3.8) is 0 Å². The number of rotatable bonds is 6. The summed E-state index contributed by atoms with van der Waals surface area (Å²) in [6, 6.07) is 9.04. The molecule has 18 heavy (non-hydrogen) atoms. The molecule has 0 bridgehead atoms. The number of hydrogen-bond donors (Lipinski definition) is 1. The molecule has 2 heteroatoms. The van der Waals surface area contributed by atoms with Crippen molar-refractivity contribution in [3.05, 3.63) is 35.4 Å². The summed E-state index contributed by atoms with van der Waals surface area (Å²) in [7, 11) is 4.19. The molecule has 1 aromatic carbocycles. The molecule has 0 spiro atoms. The first-order valence-electron chi connectivity index (χ1n) is 6.86. The lowest BCUT2D eigenvalue weighted by Crippen LogP contribution is -2.22. The summed E-state index contributed by atoms with van der Waals surface area (Å²) in [5.74, 6) is 0. The van der Waals surface area contributed by atoms with Crippen molar-refractivity contribution in [3.8, 4) is 0 Å². The highest BCUT2D eigenvalue weighted by atomic mass is 15.1. The molecule has 0 amide bonds. The van der Waals surface area contributed by atoms with Crippen molar-refractivity contribution in [2.75, 3.05) is 27.2 Å². The zero-order valence-electron chi connectivity index (χ0n) is 12.6. The Morgan fingerprint density at radius 2 is 1.72 bits per heavy atom. The van der Waals surface area contributed by atoms with Gasteiger partial charge < -0.3 is 10.2 Å². The Hall–Kier alpha value is -0.860. The van der Waals surface area contributed by atoms with E-state index in [0.29, 0.717) is 0 Å². The molecule has 2 nitrogen and oxygen atoms in total. The first kappa shape index (κ1) is 15.2. The second-order valence-electron chi connectivity index (χ2n) is 6.14. The predicted molar refractivity (Wildman–Crippen MR) is 80.0 cm³/mol. The highest BCUT2D eigenvalue weighted by molar-refractivity contribution is 5.27. The molecule has 0 radical (unpaired) electrons. The first-order chi connectivity index (χ1) is 8.43. The Kier molecular flexibility index (Phi) is 5.83. The maximum Gasteiger partial charge on any atom is 0.0230 e. The zero-order valence-corrected chi connectivity index (χ0v) is 12.6. The van der Waals surface area contributed by atoms with Gasteiger partial charge >= 0.3 is 0 Å². The molecular formula is C16H28N2. The number of hydrogen-bond acceptors (Lipinski definition) is 2. The van der Waals surface area contributed by atoms with Crippen LogP contribution >= 0.6 is 0 Å². The average Bonchev–Trinajstić information content (AvgIpc) is 2.29. The largest absolute Gasteiger partial charge is 0.320 e. The zero-order chi connectivity index (χ0) is 13.6. The van der Waals surface area contributed by atoms with E-state index in [0.717, 1.165) is 19.6 Å². The van der Waals surface area contributed by atoms with Crippen molar-refractivity contribution in [2.24, 2.45) is 0 Å². The van der Waals surface area contributed by atoms with Gasteiger partial charge in [0, 0.05) is 6.54 Å². The number of nitrogens with zero attached hydrogens (tertiary/aromatic N) is 1. The smallest absolute Gasteiger partial charge is 0.0230 e. The molecule has 0 saturated carbocycles. The summed E-state index contributed by atoms with van der Waals surface area (Å²) < 4.78 is 0. The van der Waals surface area contributed by atoms with Gasteiger partial charge in [0.2, 0.25) is 0 Å². The van der Waals surface area contributed by atoms with E-state index in [1.54, 1.807) is 0 Å². The van der Waals surface area contributed by atoms with Crippen LogP contribution in [0.4, 0.5) is 0 Å². The van der Waals surface area contributed by atoms with Crippen LogP contribution in [0.1, 0.15) is 38.3 Å². The molecule has 0 aliphatic carbocycles. The van der Waals surface area contributed by atoms with Gasteiger partial charge in [-0.3, -0.25) is 0 Å². The third-order valence-electron chi connectivity index (χ3n) is 3.24. The number of nitrogens with one attached hydrogen (secondary N) is 1. The third kappa shape index (κ3) is 5.19. The van der Waals surface area contributed by atoms with Gasteiger partial charge in [-0.1, -0.05) is 45.0 Å². The predicted octanol–water partition coefficient (Wildman–Crippen LogP) is 3.03. The fourth-order valence-electron chi connectivity index (χ4n) is 2.03. The maximum atomic E-state index is 3.18. The summed E-state index contributed by atoms with van der Waals surface area (Å²) in [6.45, 7) is 10.0. The van der Waals surface area contributed by atoms with E-state index in [9.17, 15) is 0 Å². The van der Waals surface area contributed by atoms with E-state index >= 15 is 0 Å². The second-order valence-corrected chi connectivity index (χ2v) is 6.14. The molecule has 1 aromatic rings. The lowest BCUT2D eigenvalue weighted by Gasteiger charge is -2.20. The minimum Gasteiger partial charge on any atom is -0.320 e. The molecule has 0 heterocycles. The van der Waals surface area contributed by atoms with Crippen molar-refractivity contribution >= 4 is 0 Å². The van der Waals surface area contributed by atoms with Crippen LogP contribution in [0.15, 0.2) is 24.3 Å². The molecule has 1 rings (SSSR count). The Morgan fingerprint density at radius 3 is 2.22 bits per heavy atom. The lowest BCUT2D eigenvalue weighted by atomic mass is 9.87. The Labute approximate surface area is 112 Å². The van der Waals surface area contributed by atoms with E-state index in [1.807, 2.05) is 7.05 Å². The van der Waals surface area contributed by atoms with Crippen LogP contribution in [0.25, 0.3) is 0 Å². The summed E-state index contributed by atoms with van der Waals surface area (Å²) in [6.07, 6.45) is 1.20. The molecular weight excluding hydrogens is 220 g/mol. The first-order valence-corrected chi connectivity index (χ1v) is 6.86. The summed E-state index contributed by atoms with van der Waals surface area (Å²) in [5.41, 5.74) is 3.05. The van der Waals surface area contributed by atoms with Crippen LogP contribution in [-0.4, -0.2) is 32.1 Å². The van der Waals surface area contributed by atoms with Crippen LogP contribution in [0.3, 0.4) is 0 Å².